The number of fused-ring (bicyclic) bond motifs is 4. The van der Waals surface area contributed by atoms with Crippen LogP contribution in [0.15, 0.2) is 18.5 Å². The van der Waals surface area contributed by atoms with Gasteiger partial charge in [-0.05, 0) is 37.7 Å². The number of hydrogen-bond donors (Lipinski definition) is 0. The molecule has 3 saturated heterocycles. The van der Waals surface area contributed by atoms with Gasteiger partial charge in [0.15, 0.2) is 0 Å². The predicted molar refractivity (Wildman–Crippen MR) is 79.8 cm³/mol. The minimum absolute atomic E-state index is 0.132. The highest BCUT2D eigenvalue weighted by atomic mass is 16.2. The molecule has 1 aliphatic carbocycles. The summed E-state index contributed by atoms with van der Waals surface area (Å²) in [4.78, 5) is 25.8. The van der Waals surface area contributed by atoms with E-state index >= 15 is 0 Å². The molecule has 2 bridgehead atoms. The van der Waals surface area contributed by atoms with Crippen molar-refractivity contribution in [3.05, 3.63) is 18.5 Å². The minimum atomic E-state index is 0.132. The molecule has 0 unspecified atom stereocenters. The SMILES string of the molecule is O=C1[C@H]2CC[C@H](CN(c3ncccn3)C2)N1CC1CCC1. The second kappa shape index (κ2) is 5.28. The molecule has 1 amide bonds. The maximum absolute atomic E-state index is 12.7. The summed E-state index contributed by atoms with van der Waals surface area (Å²) in [5, 5.41) is 0. The summed E-state index contributed by atoms with van der Waals surface area (Å²) in [6.45, 7) is 2.64. The number of carbonyl (C=O) groups is 1. The van der Waals surface area contributed by atoms with E-state index in [1.165, 1.54) is 19.3 Å². The second-order valence-electron chi connectivity index (χ2n) is 6.67. The van der Waals surface area contributed by atoms with Gasteiger partial charge in [-0.2, -0.15) is 0 Å². The molecule has 1 aromatic heterocycles. The third-order valence-electron chi connectivity index (χ3n) is 5.31. The maximum atomic E-state index is 12.7. The Balaban J connectivity index is 1.55. The number of nitrogens with zero attached hydrogens (tertiary/aromatic N) is 4. The molecular formula is C16H22N4O. The van der Waals surface area contributed by atoms with Crippen molar-refractivity contribution in [3.63, 3.8) is 0 Å². The number of piperidine rings is 1. The van der Waals surface area contributed by atoms with Crippen LogP contribution >= 0.6 is 0 Å². The van der Waals surface area contributed by atoms with Gasteiger partial charge in [0.25, 0.3) is 0 Å². The molecular weight excluding hydrogens is 264 g/mol. The highest BCUT2D eigenvalue weighted by molar-refractivity contribution is 5.81. The molecule has 5 rings (SSSR count). The summed E-state index contributed by atoms with van der Waals surface area (Å²) in [7, 11) is 0. The molecule has 1 aromatic rings. The number of carbonyl (C=O) groups excluding carboxylic acids is 1. The highest BCUT2D eigenvalue weighted by Crippen LogP contribution is 2.34. The third kappa shape index (κ3) is 2.39. The van der Waals surface area contributed by atoms with Crippen LogP contribution in [0.3, 0.4) is 0 Å². The number of aromatic nitrogens is 2. The molecule has 21 heavy (non-hydrogen) atoms. The molecule has 2 atom stereocenters. The summed E-state index contributed by atoms with van der Waals surface area (Å²) >= 11 is 0. The molecule has 3 aliphatic heterocycles. The van der Waals surface area contributed by atoms with Crippen LogP contribution in [-0.2, 0) is 4.79 Å². The van der Waals surface area contributed by atoms with Gasteiger partial charge in [-0.15, -0.1) is 0 Å². The summed E-state index contributed by atoms with van der Waals surface area (Å²) in [6.07, 6.45) is 9.65. The van der Waals surface area contributed by atoms with E-state index in [-0.39, 0.29) is 5.92 Å². The Kier molecular flexibility index (Phi) is 3.28. The number of amides is 1. The Hall–Kier alpha value is -1.65. The van der Waals surface area contributed by atoms with Crippen molar-refractivity contribution < 1.29 is 4.79 Å². The topological polar surface area (TPSA) is 49.3 Å². The van der Waals surface area contributed by atoms with Crippen LogP contribution in [0.1, 0.15) is 32.1 Å². The zero-order chi connectivity index (χ0) is 14.2. The fraction of sp³-hybridized carbons (Fsp3) is 0.688. The number of rotatable bonds is 3. The van der Waals surface area contributed by atoms with Gasteiger partial charge >= 0.3 is 0 Å². The highest BCUT2D eigenvalue weighted by Gasteiger charge is 2.42. The molecule has 0 aromatic carbocycles. The Morgan fingerprint density at radius 1 is 1.10 bits per heavy atom. The van der Waals surface area contributed by atoms with E-state index in [1.54, 1.807) is 12.4 Å². The van der Waals surface area contributed by atoms with E-state index in [0.717, 1.165) is 44.3 Å². The lowest BCUT2D eigenvalue weighted by atomic mass is 9.83. The Morgan fingerprint density at radius 3 is 2.62 bits per heavy atom. The zero-order valence-electron chi connectivity index (χ0n) is 12.3. The zero-order valence-corrected chi connectivity index (χ0v) is 12.3. The van der Waals surface area contributed by atoms with Gasteiger partial charge in [-0.1, -0.05) is 6.42 Å². The van der Waals surface area contributed by atoms with E-state index in [2.05, 4.69) is 19.8 Å². The van der Waals surface area contributed by atoms with Crippen molar-refractivity contribution in [1.29, 1.82) is 0 Å². The molecule has 0 radical (unpaired) electrons. The average molecular weight is 286 g/mol. The van der Waals surface area contributed by atoms with Crippen molar-refractivity contribution in [2.24, 2.45) is 11.8 Å². The third-order valence-corrected chi connectivity index (χ3v) is 5.31. The van der Waals surface area contributed by atoms with Crippen LogP contribution in [-0.4, -0.2) is 46.5 Å². The van der Waals surface area contributed by atoms with Crippen molar-refractivity contribution in [3.8, 4) is 0 Å². The van der Waals surface area contributed by atoms with Crippen molar-refractivity contribution in [1.82, 2.24) is 14.9 Å². The van der Waals surface area contributed by atoms with E-state index in [4.69, 9.17) is 0 Å². The lowest BCUT2D eigenvalue weighted by Crippen LogP contribution is -2.50. The molecule has 0 spiro atoms. The first-order valence-corrected chi connectivity index (χ1v) is 8.13. The lowest BCUT2D eigenvalue weighted by Gasteiger charge is -2.40. The first-order valence-electron chi connectivity index (χ1n) is 8.13. The minimum Gasteiger partial charge on any atom is -0.338 e. The van der Waals surface area contributed by atoms with Gasteiger partial charge in [-0.25, -0.2) is 9.97 Å². The maximum Gasteiger partial charge on any atom is 0.227 e. The van der Waals surface area contributed by atoms with Crippen LogP contribution in [0.4, 0.5) is 5.95 Å². The fourth-order valence-electron chi connectivity index (χ4n) is 3.85. The van der Waals surface area contributed by atoms with E-state index < -0.39 is 0 Å². The molecule has 5 nitrogen and oxygen atoms in total. The van der Waals surface area contributed by atoms with Crippen LogP contribution in [0.5, 0.6) is 0 Å². The smallest absolute Gasteiger partial charge is 0.227 e. The fourth-order valence-corrected chi connectivity index (χ4v) is 3.85. The summed E-state index contributed by atoms with van der Waals surface area (Å²) in [5.41, 5.74) is 0. The van der Waals surface area contributed by atoms with Gasteiger partial charge in [-0.3, -0.25) is 4.79 Å². The quantitative estimate of drug-likeness (QED) is 0.848. The Bertz CT molecular complexity index is 516. The monoisotopic (exact) mass is 286 g/mol. The Labute approximate surface area is 125 Å². The van der Waals surface area contributed by atoms with Gasteiger partial charge in [0, 0.05) is 38.1 Å². The predicted octanol–water partition coefficient (Wildman–Crippen LogP) is 1.70. The molecule has 5 heteroatoms. The summed E-state index contributed by atoms with van der Waals surface area (Å²) in [6, 6.07) is 2.19. The molecule has 4 heterocycles. The molecule has 0 N–H and O–H groups in total. The lowest BCUT2D eigenvalue weighted by molar-refractivity contribution is -0.141. The van der Waals surface area contributed by atoms with Crippen LogP contribution in [0.2, 0.25) is 0 Å². The standard InChI is InChI=1S/C16H22N4O/c21-15-13-5-6-14(20(15)9-12-3-1-4-12)11-19(10-13)16-17-7-2-8-18-16/h2,7-8,12-14H,1,3-6,9-11H2/t13-,14+/m0/s1. The van der Waals surface area contributed by atoms with E-state index in [1.807, 2.05) is 6.07 Å². The Morgan fingerprint density at radius 2 is 1.90 bits per heavy atom. The molecule has 4 fully saturated rings. The van der Waals surface area contributed by atoms with E-state index in [0.29, 0.717) is 11.9 Å². The van der Waals surface area contributed by atoms with Crippen LogP contribution in [0, 0.1) is 11.8 Å². The van der Waals surface area contributed by atoms with Gasteiger partial charge in [0.2, 0.25) is 11.9 Å². The van der Waals surface area contributed by atoms with Gasteiger partial charge in [0.1, 0.15) is 0 Å². The van der Waals surface area contributed by atoms with Crippen molar-refractivity contribution >= 4 is 11.9 Å². The van der Waals surface area contributed by atoms with Crippen LogP contribution < -0.4 is 4.90 Å². The first kappa shape index (κ1) is 13.0. The molecule has 1 saturated carbocycles. The van der Waals surface area contributed by atoms with E-state index in [9.17, 15) is 4.79 Å². The van der Waals surface area contributed by atoms with Crippen molar-refractivity contribution in [2.75, 3.05) is 24.5 Å². The molecule has 112 valence electrons. The molecule has 4 aliphatic rings. The summed E-state index contributed by atoms with van der Waals surface area (Å²) in [5.74, 6) is 2.02. The number of anilines is 1. The average Bonchev–Trinajstić information content (AvgIpc) is 2.76. The largest absolute Gasteiger partial charge is 0.338 e. The van der Waals surface area contributed by atoms with Gasteiger partial charge < -0.3 is 9.80 Å². The summed E-state index contributed by atoms with van der Waals surface area (Å²) < 4.78 is 0. The first-order chi connectivity index (χ1) is 10.3. The second-order valence-corrected chi connectivity index (χ2v) is 6.67. The van der Waals surface area contributed by atoms with Crippen molar-refractivity contribution in [2.45, 2.75) is 38.1 Å². The van der Waals surface area contributed by atoms with Gasteiger partial charge in [0.05, 0.1) is 5.92 Å². The normalized spacial score (nSPS) is 29.4. The number of hydrogen-bond acceptors (Lipinski definition) is 4. The van der Waals surface area contributed by atoms with Crippen LogP contribution in [0.25, 0.3) is 0 Å².